The summed E-state index contributed by atoms with van der Waals surface area (Å²) in [5.74, 6) is 0.924. The Labute approximate surface area is 120 Å². The van der Waals surface area contributed by atoms with Crippen LogP contribution in [0.1, 0.15) is 12.0 Å². The Hall–Kier alpha value is -0.0800. The molecule has 18 heavy (non-hydrogen) atoms. The van der Waals surface area contributed by atoms with Gasteiger partial charge in [0.15, 0.2) is 0 Å². The molecule has 0 spiro atoms. The lowest BCUT2D eigenvalue weighted by Crippen LogP contribution is -2.25. The van der Waals surface area contributed by atoms with Gasteiger partial charge in [0.05, 0.1) is 11.5 Å². The molecule has 1 rings (SSSR count). The summed E-state index contributed by atoms with van der Waals surface area (Å²) in [5.41, 5.74) is 0.670. The average Bonchev–Trinajstić information content (AvgIpc) is 2.34. The van der Waals surface area contributed by atoms with Crippen molar-refractivity contribution in [1.29, 1.82) is 0 Å². The molecule has 0 radical (unpaired) electrons. The maximum Gasteiger partial charge on any atom is 0.241 e. The first-order valence-electron chi connectivity index (χ1n) is 5.39. The Balaban J connectivity index is 2.78. The third-order valence-electron chi connectivity index (χ3n) is 2.29. The highest BCUT2D eigenvalue weighted by atomic mass is 79.9. The second kappa shape index (κ2) is 7.49. The Kier molecular flexibility index (Phi) is 6.65. The van der Waals surface area contributed by atoms with Crippen LogP contribution < -0.4 is 4.72 Å². The molecule has 0 aliphatic rings. The van der Waals surface area contributed by atoms with E-state index in [9.17, 15) is 8.42 Å². The highest BCUT2D eigenvalue weighted by Gasteiger charge is 2.16. The summed E-state index contributed by atoms with van der Waals surface area (Å²) in [6.45, 7) is 0.317. The minimum Gasteiger partial charge on any atom is -0.392 e. The van der Waals surface area contributed by atoms with Gasteiger partial charge in [-0.2, -0.15) is 11.8 Å². The van der Waals surface area contributed by atoms with Gasteiger partial charge in [-0.3, -0.25) is 0 Å². The summed E-state index contributed by atoms with van der Waals surface area (Å²) in [6, 6.07) is 4.70. The number of aliphatic hydroxyl groups excluding tert-OH is 1. The molecule has 0 aliphatic carbocycles. The number of halogens is 1. The van der Waals surface area contributed by atoms with Crippen LogP contribution in [0.4, 0.5) is 0 Å². The highest BCUT2D eigenvalue weighted by Crippen LogP contribution is 2.23. The van der Waals surface area contributed by atoms with Crippen LogP contribution in [0.3, 0.4) is 0 Å². The Morgan fingerprint density at radius 3 is 2.72 bits per heavy atom. The van der Waals surface area contributed by atoms with Crippen molar-refractivity contribution in [2.45, 2.75) is 17.9 Å². The van der Waals surface area contributed by atoms with E-state index in [1.807, 2.05) is 6.26 Å². The number of thioether (sulfide) groups is 1. The van der Waals surface area contributed by atoms with Gasteiger partial charge in [-0.25, -0.2) is 13.1 Å². The lowest BCUT2D eigenvalue weighted by atomic mass is 10.2. The zero-order valence-electron chi connectivity index (χ0n) is 10.0. The molecule has 0 saturated heterocycles. The van der Waals surface area contributed by atoms with Gasteiger partial charge in [0.2, 0.25) is 10.0 Å². The molecule has 0 aliphatic heterocycles. The van der Waals surface area contributed by atoms with Crippen LogP contribution in [0.2, 0.25) is 0 Å². The van der Waals surface area contributed by atoms with E-state index in [1.165, 1.54) is 6.07 Å². The van der Waals surface area contributed by atoms with E-state index in [2.05, 4.69) is 20.7 Å². The van der Waals surface area contributed by atoms with Crippen LogP contribution >= 0.6 is 27.7 Å². The predicted molar refractivity (Wildman–Crippen MR) is 78.3 cm³/mol. The van der Waals surface area contributed by atoms with Crippen molar-refractivity contribution in [3.8, 4) is 0 Å². The number of rotatable bonds is 7. The molecule has 4 nitrogen and oxygen atoms in total. The first kappa shape index (κ1) is 16.0. The molecule has 0 saturated carbocycles. The van der Waals surface area contributed by atoms with Crippen molar-refractivity contribution >= 4 is 37.7 Å². The van der Waals surface area contributed by atoms with E-state index in [4.69, 9.17) is 5.11 Å². The van der Waals surface area contributed by atoms with Crippen LogP contribution in [0.5, 0.6) is 0 Å². The third-order valence-corrected chi connectivity index (χ3v) is 5.42. The van der Waals surface area contributed by atoms with Crippen molar-refractivity contribution in [1.82, 2.24) is 4.72 Å². The number of hydrogen-bond donors (Lipinski definition) is 2. The summed E-state index contributed by atoms with van der Waals surface area (Å²) in [5, 5.41) is 8.97. The van der Waals surface area contributed by atoms with Crippen molar-refractivity contribution < 1.29 is 13.5 Å². The summed E-state index contributed by atoms with van der Waals surface area (Å²) in [6.07, 6.45) is 2.78. The predicted octanol–water partition coefficient (Wildman–Crippen LogP) is 1.97. The van der Waals surface area contributed by atoms with E-state index in [-0.39, 0.29) is 11.5 Å². The molecule has 0 atom stereocenters. The van der Waals surface area contributed by atoms with Crippen molar-refractivity contribution in [2.75, 3.05) is 18.6 Å². The van der Waals surface area contributed by atoms with Gasteiger partial charge in [0.25, 0.3) is 0 Å². The highest BCUT2D eigenvalue weighted by molar-refractivity contribution is 9.10. The second-order valence-corrected chi connectivity index (χ2v) is 7.24. The van der Waals surface area contributed by atoms with Gasteiger partial charge in [0, 0.05) is 11.0 Å². The molecule has 2 N–H and O–H groups in total. The largest absolute Gasteiger partial charge is 0.392 e. The first-order valence-corrected chi connectivity index (χ1v) is 9.06. The fourth-order valence-electron chi connectivity index (χ4n) is 1.36. The minimum absolute atomic E-state index is 0.111. The normalized spacial score (nSPS) is 11.7. The summed E-state index contributed by atoms with van der Waals surface area (Å²) in [7, 11) is -3.48. The van der Waals surface area contributed by atoms with Crippen LogP contribution in [0, 0.1) is 0 Å². The fraction of sp³-hybridized carbons (Fsp3) is 0.455. The zero-order valence-corrected chi connectivity index (χ0v) is 13.2. The quantitative estimate of drug-likeness (QED) is 0.735. The summed E-state index contributed by atoms with van der Waals surface area (Å²) in [4.78, 5) is 0.198. The molecule has 0 fully saturated rings. The number of aliphatic hydroxyl groups is 1. The summed E-state index contributed by atoms with van der Waals surface area (Å²) < 4.78 is 27.0. The number of sulfonamides is 1. The molecule has 0 bridgehead atoms. The van der Waals surface area contributed by atoms with Crippen LogP contribution in [-0.2, 0) is 16.6 Å². The SMILES string of the molecule is CSCCCNS(=O)(=O)c1ccc(CO)cc1Br. The molecule has 7 heteroatoms. The lowest BCUT2D eigenvalue weighted by molar-refractivity contribution is 0.281. The topological polar surface area (TPSA) is 66.4 Å². The molecule has 0 heterocycles. The Morgan fingerprint density at radius 1 is 1.44 bits per heavy atom. The maximum absolute atomic E-state index is 12.0. The van der Waals surface area contributed by atoms with Crippen LogP contribution in [-0.4, -0.2) is 32.1 Å². The Morgan fingerprint density at radius 2 is 2.17 bits per heavy atom. The van der Waals surface area contributed by atoms with Crippen LogP contribution in [0.25, 0.3) is 0 Å². The van der Waals surface area contributed by atoms with E-state index < -0.39 is 10.0 Å². The standard InChI is InChI=1S/C11H16BrNO3S2/c1-17-6-2-5-13-18(15,16)11-4-3-9(8-14)7-10(11)12/h3-4,7,13-14H,2,5-6,8H2,1H3. The molecule has 1 aromatic rings. The molecule has 0 aromatic heterocycles. The molecule has 0 amide bonds. The van der Waals surface area contributed by atoms with Gasteiger partial charge in [-0.1, -0.05) is 6.07 Å². The number of hydrogen-bond acceptors (Lipinski definition) is 4. The summed E-state index contributed by atoms with van der Waals surface area (Å²) >= 11 is 4.90. The van der Waals surface area contributed by atoms with Crippen LogP contribution in [0.15, 0.2) is 27.6 Å². The monoisotopic (exact) mass is 353 g/mol. The van der Waals surface area contributed by atoms with E-state index in [0.29, 0.717) is 16.6 Å². The minimum atomic E-state index is -3.48. The number of benzene rings is 1. The van der Waals surface area contributed by atoms with E-state index >= 15 is 0 Å². The number of nitrogens with one attached hydrogen (secondary N) is 1. The molecule has 102 valence electrons. The van der Waals surface area contributed by atoms with Crippen molar-refractivity contribution in [3.63, 3.8) is 0 Å². The molecule has 0 unspecified atom stereocenters. The average molecular weight is 354 g/mol. The van der Waals surface area contributed by atoms with Gasteiger partial charge in [-0.05, 0) is 52.1 Å². The smallest absolute Gasteiger partial charge is 0.241 e. The van der Waals surface area contributed by atoms with E-state index in [1.54, 1.807) is 23.9 Å². The Bertz CT molecular complexity index is 491. The van der Waals surface area contributed by atoms with Crippen molar-refractivity contribution in [3.05, 3.63) is 28.2 Å². The molecule has 1 aromatic carbocycles. The van der Waals surface area contributed by atoms with Gasteiger partial charge in [0.1, 0.15) is 0 Å². The second-order valence-electron chi connectivity index (χ2n) is 3.67. The lowest BCUT2D eigenvalue weighted by Gasteiger charge is -2.09. The van der Waals surface area contributed by atoms with Crippen molar-refractivity contribution in [2.24, 2.45) is 0 Å². The van der Waals surface area contributed by atoms with Gasteiger partial charge >= 0.3 is 0 Å². The third kappa shape index (κ3) is 4.55. The zero-order chi connectivity index (χ0) is 13.6. The van der Waals surface area contributed by atoms with E-state index in [0.717, 1.165) is 12.2 Å². The fourth-order valence-corrected chi connectivity index (χ4v) is 3.99. The molecular weight excluding hydrogens is 338 g/mol. The van der Waals surface area contributed by atoms with Gasteiger partial charge in [-0.15, -0.1) is 0 Å². The molecular formula is C11H16BrNO3S2. The maximum atomic E-state index is 12.0. The van der Waals surface area contributed by atoms with Gasteiger partial charge < -0.3 is 5.11 Å². The first-order chi connectivity index (χ1) is 8.51.